The van der Waals surface area contributed by atoms with Crippen LogP contribution in [0.2, 0.25) is 0 Å². The van der Waals surface area contributed by atoms with E-state index in [4.69, 9.17) is 18.9 Å². The summed E-state index contributed by atoms with van der Waals surface area (Å²) in [5.41, 5.74) is 1.12. The number of anilines is 1. The summed E-state index contributed by atoms with van der Waals surface area (Å²) in [4.78, 5) is 12.2. The van der Waals surface area contributed by atoms with Crippen LogP contribution in [0, 0.1) is 0 Å². The molecule has 0 spiro atoms. The molecule has 0 aliphatic carbocycles. The third-order valence-corrected chi connectivity index (χ3v) is 3.56. The number of amides is 1. The quantitative estimate of drug-likeness (QED) is 0.687. The van der Waals surface area contributed by atoms with Crippen LogP contribution in [-0.2, 0) is 4.79 Å². The molecule has 1 amide bonds. The standard InChI is InChI=1S/C17H18N4O5/c1-23-12-8-11(9-13(24-2)16(12)25-3)18-15(22)10-26-17-20-19-14-6-4-5-7-21(14)17/h4-9H,10H2,1-3H3,(H,18,22). The van der Waals surface area contributed by atoms with Crippen molar-refractivity contribution in [2.24, 2.45) is 0 Å². The van der Waals surface area contributed by atoms with Crippen LogP contribution >= 0.6 is 0 Å². The number of hydrogen-bond donors (Lipinski definition) is 1. The number of pyridine rings is 1. The molecule has 0 bridgehead atoms. The molecular formula is C17H18N4O5. The molecular weight excluding hydrogens is 340 g/mol. The van der Waals surface area contributed by atoms with Gasteiger partial charge in [0.25, 0.3) is 5.91 Å². The summed E-state index contributed by atoms with van der Waals surface area (Å²) in [7, 11) is 4.51. The molecule has 136 valence electrons. The summed E-state index contributed by atoms with van der Waals surface area (Å²) in [5.74, 6) is 0.948. The van der Waals surface area contributed by atoms with Gasteiger partial charge in [0.15, 0.2) is 23.8 Å². The van der Waals surface area contributed by atoms with E-state index in [1.54, 1.807) is 28.8 Å². The molecule has 0 saturated carbocycles. The number of carbonyl (C=O) groups excluding carboxylic acids is 1. The predicted octanol–water partition coefficient (Wildman–Crippen LogP) is 1.77. The third-order valence-electron chi connectivity index (χ3n) is 3.56. The number of nitrogens with one attached hydrogen (secondary N) is 1. The monoisotopic (exact) mass is 358 g/mol. The molecule has 0 aliphatic heterocycles. The molecule has 0 radical (unpaired) electrons. The SMILES string of the molecule is COc1cc(NC(=O)COc2nnc3ccccn23)cc(OC)c1OC. The molecule has 9 nitrogen and oxygen atoms in total. The number of benzene rings is 1. The number of ether oxygens (including phenoxy) is 4. The van der Waals surface area contributed by atoms with E-state index in [1.807, 2.05) is 12.1 Å². The Bertz CT molecular complexity index is 899. The van der Waals surface area contributed by atoms with Crippen LogP contribution in [-0.4, -0.2) is 48.4 Å². The number of carbonyl (C=O) groups is 1. The van der Waals surface area contributed by atoms with E-state index in [0.29, 0.717) is 28.6 Å². The van der Waals surface area contributed by atoms with Crippen molar-refractivity contribution in [1.82, 2.24) is 14.6 Å². The molecule has 0 aliphatic rings. The van der Waals surface area contributed by atoms with Crippen LogP contribution in [0.15, 0.2) is 36.5 Å². The number of hydrogen-bond acceptors (Lipinski definition) is 7. The van der Waals surface area contributed by atoms with E-state index in [0.717, 1.165) is 0 Å². The summed E-state index contributed by atoms with van der Waals surface area (Å²) < 4.78 is 22.9. The van der Waals surface area contributed by atoms with Crippen LogP contribution in [0.25, 0.3) is 5.65 Å². The van der Waals surface area contributed by atoms with E-state index >= 15 is 0 Å². The van der Waals surface area contributed by atoms with Crippen LogP contribution in [0.4, 0.5) is 5.69 Å². The molecule has 26 heavy (non-hydrogen) atoms. The summed E-state index contributed by atoms with van der Waals surface area (Å²) >= 11 is 0. The molecule has 3 rings (SSSR count). The van der Waals surface area contributed by atoms with Gasteiger partial charge in [0.2, 0.25) is 5.75 Å². The molecule has 1 aromatic carbocycles. The maximum Gasteiger partial charge on any atom is 0.322 e. The van der Waals surface area contributed by atoms with Crippen molar-refractivity contribution in [3.63, 3.8) is 0 Å². The number of rotatable bonds is 7. The topological polar surface area (TPSA) is 96.2 Å². The highest BCUT2D eigenvalue weighted by molar-refractivity contribution is 5.92. The van der Waals surface area contributed by atoms with Crippen molar-refractivity contribution in [2.45, 2.75) is 0 Å². The van der Waals surface area contributed by atoms with Crippen molar-refractivity contribution < 1.29 is 23.7 Å². The highest BCUT2D eigenvalue weighted by Crippen LogP contribution is 2.39. The first kappa shape index (κ1) is 17.3. The lowest BCUT2D eigenvalue weighted by molar-refractivity contribution is -0.118. The fourth-order valence-electron chi connectivity index (χ4n) is 2.40. The zero-order chi connectivity index (χ0) is 18.5. The summed E-state index contributed by atoms with van der Waals surface area (Å²) in [6.07, 6.45) is 1.75. The Labute approximate surface area is 149 Å². The highest BCUT2D eigenvalue weighted by Gasteiger charge is 2.15. The Balaban J connectivity index is 1.70. The van der Waals surface area contributed by atoms with Gasteiger partial charge in [-0.05, 0) is 12.1 Å². The minimum absolute atomic E-state index is 0.230. The van der Waals surface area contributed by atoms with Crippen LogP contribution in [0.1, 0.15) is 0 Å². The minimum Gasteiger partial charge on any atom is -0.493 e. The lowest BCUT2D eigenvalue weighted by Gasteiger charge is -2.14. The van der Waals surface area contributed by atoms with Crippen molar-refractivity contribution in [3.05, 3.63) is 36.5 Å². The molecule has 0 atom stereocenters. The van der Waals surface area contributed by atoms with Crippen molar-refractivity contribution in [2.75, 3.05) is 33.3 Å². The maximum absolute atomic E-state index is 12.2. The first-order chi connectivity index (χ1) is 12.7. The largest absolute Gasteiger partial charge is 0.493 e. The first-order valence-corrected chi connectivity index (χ1v) is 7.68. The molecule has 0 saturated heterocycles. The average Bonchev–Trinajstić information content (AvgIpc) is 3.08. The van der Waals surface area contributed by atoms with Gasteiger partial charge in [-0.3, -0.25) is 9.20 Å². The number of aromatic nitrogens is 3. The molecule has 2 aromatic heterocycles. The second-order valence-corrected chi connectivity index (χ2v) is 5.16. The van der Waals surface area contributed by atoms with Crippen LogP contribution in [0.3, 0.4) is 0 Å². The molecule has 9 heteroatoms. The van der Waals surface area contributed by atoms with Gasteiger partial charge >= 0.3 is 6.01 Å². The Kier molecular flexibility index (Phi) is 5.07. The Morgan fingerprint density at radius 1 is 1.08 bits per heavy atom. The summed E-state index contributed by atoms with van der Waals surface area (Å²) in [6, 6.07) is 8.94. The lowest BCUT2D eigenvalue weighted by Crippen LogP contribution is -2.21. The number of fused-ring (bicyclic) bond motifs is 1. The Morgan fingerprint density at radius 2 is 1.81 bits per heavy atom. The van der Waals surface area contributed by atoms with Gasteiger partial charge in [-0.1, -0.05) is 11.2 Å². The Hall–Kier alpha value is -3.49. The van der Waals surface area contributed by atoms with Gasteiger partial charge in [0.1, 0.15) is 0 Å². The molecule has 1 N–H and O–H groups in total. The fourth-order valence-corrected chi connectivity index (χ4v) is 2.40. The van der Waals surface area contributed by atoms with Gasteiger partial charge in [-0.25, -0.2) is 0 Å². The maximum atomic E-state index is 12.2. The lowest BCUT2D eigenvalue weighted by atomic mass is 10.2. The zero-order valence-corrected chi connectivity index (χ0v) is 14.6. The first-order valence-electron chi connectivity index (χ1n) is 7.68. The molecule has 2 heterocycles. The third kappa shape index (κ3) is 3.46. The Morgan fingerprint density at radius 3 is 2.46 bits per heavy atom. The number of methoxy groups -OCH3 is 3. The smallest absolute Gasteiger partial charge is 0.322 e. The fraction of sp³-hybridized carbons (Fsp3) is 0.235. The van der Waals surface area contributed by atoms with E-state index < -0.39 is 0 Å². The zero-order valence-electron chi connectivity index (χ0n) is 14.6. The van der Waals surface area contributed by atoms with E-state index in [9.17, 15) is 4.79 Å². The van der Waals surface area contributed by atoms with Gasteiger partial charge in [0, 0.05) is 24.0 Å². The molecule has 0 fully saturated rings. The molecule has 3 aromatic rings. The highest BCUT2D eigenvalue weighted by atomic mass is 16.5. The van der Waals surface area contributed by atoms with Crippen molar-refractivity contribution in [3.8, 4) is 23.3 Å². The molecule has 0 unspecified atom stereocenters. The van der Waals surface area contributed by atoms with Gasteiger partial charge in [-0.15, -0.1) is 5.10 Å². The second kappa shape index (κ2) is 7.60. The second-order valence-electron chi connectivity index (χ2n) is 5.16. The van der Waals surface area contributed by atoms with Crippen molar-refractivity contribution >= 4 is 17.2 Å². The normalized spacial score (nSPS) is 10.4. The minimum atomic E-state index is -0.369. The average molecular weight is 358 g/mol. The van der Waals surface area contributed by atoms with Crippen molar-refractivity contribution in [1.29, 1.82) is 0 Å². The van der Waals surface area contributed by atoms with Crippen LogP contribution in [0.5, 0.6) is 23.3 Å². The van der Waals surface area contributed by atoms with E-state index in [-0.39, 0.29) is 18.5 Å². The number of nitrogens with zero attached hydrogens (tertiary/aromatic N) is 3. The van der Waals surface area contributed by atoms with Gasteiger partial charge in [-0.2, -0.15) is 0 Å². The van der Waals surface area contributed by atoms with E-state index in [2.05, 4.69) is 15.5 Å². The van der Waals surface area contributed by atoms with Gasteiger partial charge < -0.3 is 24.3 Å². The van der Waals surface area contributed by atoms with E-state index in [1.165, 1.54) is 21.3 Å². The van der Waals surface area contributed by atoms with Gasteiger partial charge in [0.05, 0.1) is 21.3 Å². The summed E-state index contributed by atoms with van der Waals surface area (Å²) in [5, 5.41) is 10.6. The van der Waals surface area contributed by atoms with Crippen LogP contribution < -0.4 is 24.3 Å². The summed E-state index contributed by atoms with van der Waals surface area (Å²) in [6.45, 7) is -0.230. The predicted molar refractivity (Wildman–Crippen MR) is 93.2 cm³/mol.